The number of hydrogen-bond acceptors (Lipinski definition) is 8. The fourth-order valence-electron chi connectivity index (χ4n) is 1.68. The zero-order chi connectivity index (χ0) is 14.7. The predicted octanol–water partition coefficient (Wildman–Crippen LogP) is 2.74. The molecule has 0 fully saturated rings. The highest BCUT2D eigenvalue weighted by atomic mass is 32.2. The first-order valence-electron chi connectivity index (χ1n) is 6.20. The number of rotatable bonds is 6. The Hall–Kier alpha value is -1.29. The predicted molar refractivity (Wildman–Crippen MR) is 83.9 cm³/mol. The van der Waals surface area contributed by atoms with Crippen molar-refractivity contribution in [3.05, 3.63) is 23.3 Å². The molecule has 110 valence electrons. The molecule has 3 aromatic rings. The summed E-state index contributed by atoms with van der Waals surface area (Å²) in [5.41, 5.74) is 0. The molecule has 0 aliphatic rings. The van der Waals surface area contributed by atoms with E-state index in [-0.39, 0.29) is 0 Å². The van der Waals surface area contributed by atoms with Crippen LogP contribution in [0.4, 0.5) is 0 Å². The van der Waals surface area contributed by atoms with Crippen LogP contribution in [0, 0.1) is 0 Å². The lowest BCUT2D eigenvalue weighted by molar-refractivity contribution is 0.200. The number of thiophene rings is 1. The van der Waals surface area contributed by atoms with Crippen molar-refractivity contribution < 1.29 is 4.74 Å². The monoisotopic (exact) mass is 339 g/mol. The Morgan fingerprint density at radius 3 is 3.05 bits per heavy atom. The van der Waals surface area contributed by atoms with Gasteiger partial charge < -0.3 is 9.30 Å². The fraction of sp³-hybridized carbons (Fsp3) is 0.333. The molecule has 0 aliphatic heterocycles. The van der Waals surface area contributed by atoms with Crippen molar-refractivity contribution in [2.24, 2.45) is 7.05 Å². The molecule has 6 nitrogen and oxygen atoms in total. The van der Waals surface area contributed by atoms with Crippen molar-refractivity contribution in [1.29, 1.82) is 0 Å². The molecule has 0 radical (unpaired) electrons. The molecule has 0 N–H and O–H groups in total. The molecule has 0 aromatic carbocycles. The van der Waals surface area contributed by atoms with Gasteiger partial charge in [0.2, 0.25) is 0 Å². The fourth-order valence-corrected chi connectivity index (χ4v) is 3.98. The summed E-state index contributed by atoms with van der Waals surface area (Å²) in [7, 11) is 3.64. The van der Waals surface area contributed by atoms with E-state index in [1.807, 2.05) is 29.1 Å². The molecule has 3 heterocycles. The van der Waals surface area contributed by atoms with Crippen molar-refractivity contribution in [2.45, 2.75) is 15.9 Å². The van der Waals surface area contributed by atoms with E-state index in [1.165, 1.54) is 23.3 Å². The Morgan fingerprint density at radius 1 is 1.38 bits per heavy atom. The van der Waals surface area contributed by atoms with E-state index < -0.39 is 0 Å². The highest BCUT2D eigenvalue weighted by molar-refractivity contribution is 8.00. The van der Waals surface area contributed by atoms with Gasteiger partial charge in [0, 0.05) is 20.6 Å². The average Bonchev–Trinajstić information content (AvgIpc) is 3.20. The minimum atomic E-state index is 0.632. The molecule has 3 aromatic heterocycles. The van der Waals surface area contributed by atoms with Gasteiger partial charge in [0.1, 0.15) is 5.82 Å². The van der Waals surface area contributed by atoms with Crippen LogP contribution in [0.1, 0.15) is 5.82 Å². The maximum Gasteiger partial charge on any atom is 0.198 e. The maximum absolute atomic E-state index is 5.03. The molecular weight excluding hydrogens is 326 g/mol. The van der Waals surface area contributed by atoms with E-state index in [4.69, 9.17) is 4.74 Å². The molecule has 0 aliphatic carbocycles. The summed E-state index contributed by atoms with van der Waals surface area (Å²) in [6.07, 6.45) is 0.729. The van der Waals surface area contributed by atoms with Crippen LogP contribution in [0.15, 0.2) is 27.0 Å². The van der Waals surface area contributed by atoms with Gasteiger partial charge in [0.05, 0.1) is 11.5 Å². The summed E-state index contributed by atoms with van der Waals surface area (Å²) in [4.78, 5) is 5.57. The van der Waals surface area contributed by atoms with Gasteiger partial charge in [-0.3, -0.25) is 0 Å². The van der Waals surface area contributed by atoms with Crippen LogP contribution in [0.2, 0.25) is 0 Å². The summed E-state index contributed by atoms with van der Waals surface area (Å²) in [6.45, 7) is 0.632. The Bertz CT molecular complexity index is 706. The van der Waals surface area contributed by atoms with Gasteiger partial charge in [-0.1, -0.05) is 6.07 Å². The van der Waals surface area contributed by atoms with Crippen LogP contribution in [-0.2, 0) is 18.2 Å². The normalized spacial score (nSPS) is 11.1. The molecule has 0 amide bonds. The van der Waals surface area contributed by atoms with Gasteiger partial charge in [0.25, 0.3) is 0 Å². The van der Waals surface area contributed by atoms with Crippen molar-refractivity contribution in [3.63, 3.8) is 0 Å². The van der Waals surface area contributed by atoms with Gasteiger partial charge in [-0.15, -0.1) is 21.5 Å². The van der Waals surface area contributed by atoms with Crippen LogP contribution in [0.25, 0.3) is 10.7 Å². The highest BCUT2D eigenvalue weighted by Crippen LogP contribution is 2.31. The Balaban J connectivity index is 1.75. The van der Waals surface area contributed by atoms with Gasteiger partial charge in [-0.25, -0.2) is 4.98 Å². The van der Waals surface area contributed by atoms with Gasteiger partial charge in [-0.2, -0.15) is 4.37 Å². The average molecular weight is 339 g/mol. The maximum atomic E-state index is 5.03. The van der Waals surface area contributed by atoms with E-state index in [2.05, 4.69) is 19.6 Å². The Morgan fingerprint density at radius 2 is 2.29 bits per heavy atom. The lowest BCUT2D eigenvalue weighted by Gasteiger charge is -1.99. The van der Waals surface area contributed by atoms with Crippen LogP contribution < -0.4 is 0 Å². The van der Waals surface area contributed by atoms with Gasteiger partial charge in [-0.05, 0) is 34.7 Å². The highest BCUT2D eigenvalue weighted by Gasteiger charge is 2.14. The number of aromatic nitrogens is 5. The van der Waals surface area contributed by atoms with Crippen molar-refractivity contribution in [3.8, 4) is 10.7 Å². The number of ether oxygens (including phenoxy) is 1. The lowest BCUT2D eigenvalue weighted by Crippen LogP contribution is -1.96. The van der Waals surface area contributed by atoms with E-state index in [0.717, 1.165) is 32.4 Å². The lowest BCUT2D eigenvalue weighted by atomic mass is 10.4. The second kappa shape index (κ2) is 6.65. The van der Waals surface area contributed by atoms with E-state index in [1.54, 1.807) is 18.4 Å². The largest absolute Gasteiger partial charge is 0.384 e. The van der Waals surface area contributed by atoms with Crippen LogP contribution in [0.5, 0.6) is 0 Å². The number of hydrogen-bond donors (Lipinski definition) is 0. The zero-order valence-corrected chi connectivity index (χ0v) is 14.0. The summed E-state index contributed by atoms with van der Waals surface area (Å²) >= 11 is 4.51. The Kier molecular flexibility index (Phi) is 4.63. The first-order valence-corrected chi connectivity index (χ1v) is 8.67. The number of methoxy groups -OCH3 is 1. The molecule has 0 unspecified atom stereocenters. The smallest absolute Gasteiger partial charge is 0.198 e. The first kappa shape index (κ1) is 14.6. The SMILES string of the molecule is COCCc1nsc(Sc2nnc(-c3cccs3)n2C)n1. The quantitative estimate of drug-likeness (QED) is 0.688. The van der Waals surface area contributed by atoms with Crippen molar-refractivity contribution in [1.82, 2.24) is 24.1 Å². The molecule has 0 bridgehead atoms. The summed E-state index contributed by atoms with van der Waals surface area (Å²) in [5, 5.41) is 11.3. The molecule has 3 rings (SSSR count). The third-order valence-electron chi connectivity index (χ3n) is 2.73. The van der Waals surface area contributed by atoms with E-state index in [9.17, 15) is 0 Å². The molecule has 21 heavy (non-hydrogen) atoms. The molecular formula is C12H13N5OS3. The van der Waals surface area contributed by atoms with Crippen LogP contribution in [-0.4, -0.2) is 37.8 Å². The van der Waals surface area contributed by atoms with Crippen molar-refractivity contribution >= 4 is 34.6 Å². The third-order valence-corrected chi connectivity index (χ3v) is 5.43. The molecule has 0 saturated heterocycles. The second-order valence-electron chi connectivity index (χ2n) is 4.16. The molecule has 9 heteroatoms. The standard InChI is InChI=1S/C12H13N5OS3/c1-17-10(8-4-3-7-19-8)14-15-11(17)20-12-13-9(16-21-12)5-6-18-2/h3-4,7H,5-6H2,1-2H3. The van der Waals surface area contributed by atoms with Crippen molar-refractivity contribution in [2.75, 3.05) is 13.7 Å². The van der Waals surface area contributed by atoms with E-state index >= 15 is 0 Å². The zero-order valence-electron chi connectivity index (χ0n) is 11.5. The summed E-state index contributed by atoms with van der Waals surface area (Å²) in [5.74, 6) is 1.68. The topological polar surface area (TPSA) is 65.7 Å². The Labute approximate surface area is 134 Å². The second-order valence-corrected chi connectivity index (χ2v) is 7.08. The van der Waals surface area contributed by atoms with E-state index in [0.29, 0.717) is 6.61 Å². The minimum absolute atomic E-state index is 0.632. The summed E-state index contributed by atoms with van der Waals surface area (Å²) < 4.78 is 12.2. The third kappa shape index (κ3) is 3.31. The minimum Gasteiger partial charge on any atom is -0.384 e. The van der Waals surface area contributed by atoms with Crippen LogP contribution in [0.3, 0.4) is 0 Å². The molecule has 0 saturated carbocycles. The molecule has 0 atom stereocenters. The van der Waals surface area contributed by atoms with Gasteiger partial charge in [0.15, 0.2) is 15.3 Å². The first-order chi connectivity index (χ1) is 10.3. The van der Waals surface area contributed by atoms with Crippen LogP contribution >= 0.6 is 34.6 Å². The summed E-state index contributed by atoms with van der Waals surface area (Å²) in [6, 6.07) is 4.05. The van der Waals surface area contributed by atoms with Gasteiger partial charge >= 0.3 is 0 Å². The number of nitrogens with zero attached hydrogens (tertiary/aromatic N) is 5. The molecule has 0 spiro atoms.